The quantitative estimate of drug-likeness (QED) is 0.214. The molecule has 1 fully saturated rings. The third-order valence-electron chi connectivity index (χ3n) is 9.22. The Balaban J connectivity index is 1.44. The topological polar surface area (TPSA) is 86.9 Å². The van der Waals surface area contributed by atoms with E-state index in [1.54, 1.807) is 4.68 Å². The Kier molecular flexibility index (Phi) is 7.45. The van der Waals surface area contributed by atoms with Crippen LogP contribution in [0.25, 0.3) is 33.2 Å². The first-order chi connectivity index (χ1) is 21.8. The Morgan fingerprint density at radius 3 is 2.36 bits per heavy atom. The van der Waals surface area contributed by atoms with Crippen LogP contribution >= 0.6 is 0 Å². The van der Waals surface area contributed by atoms with Crippen molar-refractivity contribution in [1.29, 1.82) is 0 Å². The van der Waals surface area contributed by atoms with Crippen LogP contribution in [0.4, 0.5) is 0 Å². The van der Waals surface area contributed by atoms with Crippen molar-refractivity contribution in [3.63, 3.8) is 0 Å². The highest BCUT2D eigenvalue weighted by molar-refractivity contribution is 6.09. The number of rotatable bonds is 7. The Morgan fingerprint density at radius 1 is 0.956 bits per heavy atom. The molecule has 4 heterocycles. The summed E-state index contributed by atoms with van der Waals surface area (Å²) >= 11 is 0. The Hall–Kier alpha value is -4.82. The van der Waals surface area contributed by atoms with Crippen LogP contribution in [-0.4, -0.2) is 43.7 Å². The predicted octanol–water partition coefficient (Wildman–Crippen LogP) is 6.97. The molecule has 0 saturated carbocycles. The molecule has 1 unspecified atom stereocenters. The number of hydrogen-bond acceptors (Lipinski definition) is 5. The van der Waals surface area contributed by atoms with E-state index in [4.69, 9.17) is 9.72 Å². The molecule has 6 aromatic rings. The van der Waals surface area contributed by atoms with Gasteiger partial charge in [0.05, 0.1) is 39.5 Å². The summed E-state index contributed by atoms with van der Waals surface area (Å²) in [5, 5.41) is 12.8. The Labute approximate surface area is 263 Å². The second kappa shape index (κ2) is 11.6. The summed E-state index contributed by atoms with van der Waals surface area (Å²) < 4.78 is 10.0. The van der Waals surface area contributed by atoms with Gasteiger partial charge in [0, 0.05) is 43.0 Å². The third kappa shape index (κ3) is 5.29. The zero-order valence-electron chi connectivity index (χ0n) is 26.2. The van der Waals surface area contributed by atoms with Gasteiger partial charge in [-0.3, -0.25) is 9.78 Å². The highest BCUT2D eigenvalue weighted by Crippen LogP contribution is 2.41. The molecule has 7 rings (SSSR count). The van der Waals surface area contributed by atoms with E-state index in [0.29, 0.717) is 11.5 Å². The maximum absolute atomic E-state index is 13.9. The number of pyridine rings is 1. The van der Waals surface area contributed by atoms with E-state index in [9.17, 15) is 4.79 Å². The molecule has 45 heavy (non-hydrogen) atoms. The molecule has 3 aromatic heterocycles. The smallest absolute Gasteiger partial charge is 0.252 e. The van der Waals surface area contributed by atoms with Crippen LogP contribution in [0.2, 0.25) is 0 Å². The molecular weight excluding hydrogens is 560 g/mol. The molecule has 0 spiro atoms. The highest BCUT2D eigenvalue weighted by Gasteiger charge is 2.31. The van der Waals surface area contributed by atoms with E-state index < -0.39 is 5.54 Å². The minimum absolute atomic E-state index is 0.0250. The minimum Gasteiger partial charge on any atom is -0.381 e. The standard InChI is InChI=1S/C37H38N6O2/c1-24-34(42(4)41-40-24)28-22-32-33(38-23-28)30-16-15-27(36(44)39-37(2,3)29-13-9-6-10-14-29)21-31(30)43(32)35(25-11-7-5-8-12-25)26-17-19-45-20-18-26/h5-16,21-23,26,35H,17-20H2,1-4H3,(H,39,44). The van der Waals surface area contributed by atoms with Crippen molar-refractivity contribution < 1.29 is 9.53 Å². The number of ether oxygens (including phenoxy) is 1. The van der Waals surface area contributed by atoms with Crippen molar-refractivity contribution in [3.8, 4) is 11.3 Å². The van der Waals surface area contributed by atoms with Gasteiger partial charge in [-0.25, -0.2) is 4.68 Å². The number of nitrogens with one attached hydrogen (secondary N) is 1. The first-order valence-corrected chi connectivity index (χ1v) is 15.6. The van der Waals surface area contributed by atoms with Gasteiger partial charge in [0.1, 0.15) is 0 Å². The maximum atomic E-state index is 13.9. The van der Waals surface area contributed by atoms with Crippen LogP contribution in [0.5, 0.6) is 0 Å². The van der Waals surface area contributed by atoms with Crippen molar-refractivity contribution in [1.82, 2.24) is 29.9 Å². The van der Waals surface area contributed by atoms with Gasteiger partial charge in [0.15, 0.2) is 0 Å². The monoisotopic (exact) mass is 598 g/mol. The summed E-state index contributed by atoms with van der Waals surface area (Å²) in [6.07, 6.45) is 3.81. The van der Waals surface area contributed by atoms with E-state index in [0.717, 1.165) is 70.5 Å². The molecule has 1 atom stereocenters. The van der Waals surface area contributed by atoms with Crippen LogP contribution in [-0.2, 0) is 17.3 Å². The molecule has 1 amide bonds. The number of nitrogens with zero attached hydrogens (tertiary/aromatic N) is 5. The van der Waals surface area contributed by atoms with Crippen LogP contribution in [0.3, 0.4) is 0 Å². The Bertz CT molecular complexity index is 1970. The summed E-state index contributed by atoms with van der Waals surface area (Å²) in [4.78, 5) is 18.9. The summed E-state index contributed by atoms with van der Waals surface area (Å²) in [5.41, 5.74) is 8.01. The zero-order chi connectivity index (χ0) is 31.1. The molecule has 1 aliphatic rings. The average molecular weight is 599 g/mol. The first-order valence-electron chi connectivity index (χ1n) is 15.6. The van der Waals surface area contributed by atoms with Gasteiger partial charge in [-0.2, -0.15) is 0 Å². The van der Waals surface area contributed by atoms with Crippen molar-refractivity contribution >= 4 is 27.8 Å². The molecule has 1 N–H and O–H groups in total. The van der Waals surface area contributed by atoms with Gasteiger partial charge in [0.2, 0.25) is 0 Å². The first kappa shape index (κ1) is 28.9. The molecule has 3 aromatic carbocycles. The number of aryl methyl sites for hydroxylation is 2. The number of carbonyl (C=O) groups is 1. The minimum atomic E-state index is -0.542. The number of amides is 1. The van der Waals surface area contributed by atoms with Crippen molar-refractivity contribution in [3.05, 3.63) is 114 Å². The van der Waals surface area contributed by atoms with E-state index in [-0.39, 0.29) is 11.9 Å². The number of carbonyl (C=O) groups excluding carboxylic acids is 1. The van der Waals surface area contributed by atoms with E-state index in [1.165, 1.54) is 5.56 Å². The number of benzene rings is 3. The molecule has 1 aliphatic heterocycles. The Morgan fingerprint density at radius 2 is 1.67 bits per heavy atom. The van der Waals surface area contributed by atoms with Gasteiger partial charge >= 0.3 is 0 Å². The largest absolute Gasteiger partial charge is 0.381 e. The molecule has 0 aliphatic carbocycles. The normalized spacial score (nSPS) is 15.0. The van der Waals surface area contributed by atoms with Crippen LogP contribution in [0.15, 0.2) is 91.1 Å². The van der Waals surface area contributed by atoms with Crippen LogP contribution in [0, 0.1) is 12.8 Å². The molecule has 0 bridgehead atoms. The molecule has 8 nitrogen and oxygen atoms in total. The molecule has 8 heteroatoms. The number of aromatic nitrogens is 5. The molecule has 1 saturated heterocycles. The van der Waals surface area contributed by atoms with E-state index in [2.05, 4.69) is 56.6 Å². The van der Waals surface area contributed by atoms with Gasteiger partial charge in [-0.1, -0.05) is 65.9 Å². The third-order valence-corrected chi connectivity index (χ3v) is 9.22. The zero-order valence-corrected chi connectivity index (χ0v) is 26.2. The number of hydrogen-bond donors (Lipinski definition) is 1. The molecule has 228 valence electrons. The van der Waals surface area contributed by atoms with Gasteiger partial charge in [-0.15, -0.1) is 5.10 Å². The lowest BCUT2D eigenvalue weighted by molar-refractivity contribution is 0.0553. The average Bonchev–Trinajstić information content (AvgIpc) is 3.57. The second-order valence-corrected chi connectivity index (χ2v) is 12.6. The van der Waals surface area contributed by atoms with Crippen molar-refractivity contribution in [2.45, 2.75) is 45.2 Å². The fourth-order valence-corrected chi connectivity index (χ4v) is 6.93. The lowest BCUT2D eigenvalue weighted by atomic mass is 9.86. The van der Waals surface area contributed by atoms with Gasteiger partial charge in [-0.05, 0) is 74.9 Å². The van der Waals surface area contributed by atoms with Crippen molar-refractivity contribution in [2.24, 2.45) is 13.0 Å². The van der Waals surface area contributed by atoms with Gasteiger partial charge in [0.25, 0.3) is 5.91 Å². The summed E-state index contributed by atoms with van der Waals surface area (Å²) in [6.45, 7) is 7.51. The summed E-state index contributed by atoms with van der Waals surface area (Å²) in [7, 11) is 1.91. The second-order valence-electron chi connectivity index (χ2n) is 12.6. The summed E-state index contributed by atoms with van der Waals surface area (Å²) in [5.74, 6) is 0.230. The lowest BCUT2D eigenvalue weighted by Crippen LogP contribution is -2.40. The SMILES string of the molecule is Cc1nnn(C)c1-c1cnc2c3ccc(C(=O)NC(C)(C)c4ccccc4)cc3n(C(c3ccccc3)C3CCOCC3)c2c1. The van der Waals surface area contributed by atoms with Crippen molar-refractivity contribution in [2.75, 3.05) is 13.2 Å². The maximum Gasteiger partial charge on any atom is 0.252 e. The fourth-order valence-electron chi connectivity index (χ4n) is 6.93. The van der Waals surface area contributed by atoms with Crippen LogP contribution in [0.1, 0.15) is 59.9 Å². The van der Waals surface area contributed by atoms with E-state index in [1.807, 2.05) is 82.5 Å². The molecular formula is C37H38N6O2. The predicted molar refractivity (Wildman–Crippen MR) is 177 cm³/mol. The van der Waals surface area contributed by atoms with Crippen LogP contribution < -0.4 is 5.32 Å². The number of fused-ring (bicyclic) bond motifs is 3. The fraction of sp³-hybridized carbons (Fsp3) is 0.297. The molecule has 0 radical (unpaired) electrons. The lowest BCUT2D eigenvalue weighted by Gasteiger charge is -2.33. The van der Waals surface area contributed by atoms with E-state index >= 15 is 0 Å². The highest BCUT2D eigenvalue weighted by atomic mass is 16.5. The van der Waals surface area contributed by atoms with Gasteiger partial charge < -0.3 is 14.6 Å². The summed E-state index contributed by atoms with van der Waals surface area (Å²) in [6, 6.07) is 29.0.